The number of hydrogen-bond donors (Lipinski definition) is 1. The Kier molecular flexibility index (Phi) is 5.36. The minimum absolute atomic E-state index is 0.00308. The third-order valence-corrected chi connectivity index (χ3v) is 4.61. The van der Waals surface area contributed by atoms with Crippen LogP contribution in [0, 0.1) is 0 Å². The van der Waals surface area contributed by atoms with E-state index in [1.54, 1.807) is 18.2 Å². The van der Waals surface area contributed by atoms with Gasteiger partial charge in [-0.1, -0.05) is 35.0 Å². The number of alkyl halides is 3. The normalized spacial score (nSPS) is 11.7. The second-order valence-corrected chi connectivity index (χ2v) is 6.89. The Hall–Kier alpha value is -1.90. The molecular formula is C16H9Cl2F3N2O2S. The molecule has 26 heavy (non-hydrogen) atoms. The van der Waals surface area contributed by atoms with Gasteiger partial charge >= 0.3 is 6.18 Å². The Morgan fingerprint density at radius 3 is 2.69 bits per heavy atom. The highest BCUT2D eigenvalue weighted by Crippen LogP contribution is 2.36. The number of amides is 1. The van der Waals surface area contributed by atoms with Gasteiger partial charge in [-0.2, -0.15) is 13.2 Å². The monoisotopic (exact) mass is 420 g/mol. The van der Waals surface area contributed by atoms with Crippen LogP contribution in [0.15, 0.2) is 46.0 Å². The summed E-state index contributed by atoms with van der Waals surface area (Å²) in [5.74, 6) is -0.601. The number of rotatable bonds is 4. The van der Waals surface area contributed by atoms with Gasteiger partial charge in [0.25, 0.3) is 5.22 Å². The number of nitrogens with zero attached hydrogens (tertiary/aromatic N) is 1. The number of hydrogen-bond acceptors (Lipinski definition) is 4. The maximum Gasteiger partial charge on any atom is 0.417 e. The average molecular weight is 421 g/mol. The first kappa shape index (κ1) is 18.9. The maximum atomic E-state index is 12.8. The van der Waals surface area contributed by atoms with Crippen molar-refractivity contribution < 1.29 is 22.4 Å². The number of halogens is 5. The van der Waals surface area contributed by atoms with E-state index in [4.69, 9.17) is 27.6 Å². The van der Waals surface area contributed by atoms with Crippen LogP contribution < -0.4 is 5.32 Å². The minimum Gasteiger partial charge on any atom is -0.431 e. The summed E-state index contributed by atoms with van der Waals surface area (Å²) < 4.78 is 44.0. The van der Waals surface area contributed by atoms with Crippen molar-refractivity contribution >= 4 is 57.7 Å². The highest BCUT2D eigenvalue weighted by Gasteiger charge is 2.33. The maximum absolute atomic E-state index is 12.8. The second kappa shape index (κ2) is 7.38. The third-order valence-electron chi connectivity index (χ3n) is 3.21. The van der Waals surface area contributed by atoms with Gasteiger partial charge in [0.05, 0.1) is 16.3 Å². The Morgan fingerprint density at radius 1 is 1.19 bits per heavy atom. The lowest BCUT2D eigenvalue weighted by atomic mass is 10.2. The van der Waals surface area contributed by atoms with Crippen LogP contribution in [0.25, 0.3) is 11.1 Å². The molecule has 0 aliphatic rings. The Bertz CT molecular complexity index is 976. The molecule has 0 atom stereocenters. The number of anilines is 1. The van der Waals surface area contributed by atoms with E-state index >= 15 is 0 Å². The van der Waals surface area contributed by atoms with Crippen molar-refractivity contribution in [2.24, 2.45) is 0 Å². The largest absolute Gasteiger partial charge is 0.431 e. The predicted octanol–water partition coefficient (Wildman–Crippen LogP) is 5.88. The molecular weight excluding hydrogens is 412 g/mol. The van der Waals surface area contributed by atoms with E-state index in [9.17, 15) is 18.0 Å². The first-order chi connectivity index (χ1) is 12.2. The fourth-order valence-electron chi connectivity index (χ4n) is 2.09. The summed E-state index contributed by atoms with van der Waals surface area (Å²) in [6.45, 7) is 0. The molecule has 10 heteroatoms. The molecule has 1 heterocycles. The molecule has 0 fully saturated rings. The van der Waals surface area contributed by atoms with E-state index < -0.39 is 22.7 Å². The number of oxazole rings is 1. The van der Waals surface area contributed by atoms with Gasteiger partial charge in [-0.25, -0.2) is 4.98 Å². The molecule has 0 saturated carbocycles. The van der Waals surface area contributed by atoms with Crippen LogP contribution in [0.3, 0.4) is 0 Å². The summed E-state index contributed by atoms with van der Waals surface area (Å²) in [6.07, 6.45) is -4.61. The summed E-state index contributed by atoms with van der Waals surface area (Å²) in [7, 11) is 0. The smallest absolute Gasteiger partial charge is 0.417 e. The molecule has 0 spiro atoms. The first-order valence-corrected chi connectivity index (χ1v) is 8.82. The van der Waals surface area contributed by atoms with Gasteiger partial charge in [-0.15, -0.1) is 0 Å². The van der Waals surface area contributed by atoms with E-state index in [-0.39, 0.29) is 16.7 Å². The zero-order valence-electron chi connectivity index (χ0n) is 12.7. The zero-order valence-corrected chi connectivity index (χ0v) is 15.1. The van der Waals surface area contributed by atoms with E-state index in [1.807, 2.05) is 0 Å². The van der Waals surface area contributed by atoms with Crippen molar-refractivity contribution in [2.45, 2.75) is 11.4 Å². The quantitative estimate of drug-likeness (QED) is 0.535. The number of fused-ring (bicyclic) bond motifs is 1. The molecule has 2 aromatic carbocycles. The third kappa shape index (κ3) is 4.44. The molecule has 136 valence electrons. The average Bonchev–Trinajstić information content (AvgIpc) is 2.95. The van der Waals surface area contributed by atoms with Crippen molar-refractivity contribution in [1.82, 2.24) is 4.98 Å². The van der Waals surface area contributed by atoms with Gasteiger partial charge in [0.15, 0.2) is 5.58 Å². The van der Waals surface area contributed by atoms with Crippen LogP contribution in [-0.4, -0.2) is 16.6 Å². The molecule has 0 aliphatic heterocycles. The highest BCUT2D eigenvalue weighted by molar-refractivity contribution is 7.99. The molecule has 0 unspecified atom stereocenters. The standard InChI is InChI=1S/C16H9Cl2F3N2O2S/c17-8-1-4-13-12(5-8)23-15(25-13)26-7-14(24)22-9-2-3-11(18)10(6-9)16(19,20)21/h1-6H,7H2,(H,22,24). The van der Waals surface area contributed by atoms with Crippen LogP contribution >= 0.6 is 35.0 Å². The Morgan fingerprint density at radius 2 is 1.96 bits per heavy atom. The number of benzene rings is 2. The highest BCUT2D eigenvalue weighted by atomic mass is 35.5. The summed E-state index contributed by atoms with van der Waals surface area (Å²) in [5.41, 5.74) is 0.0508. The number of nitrogens with one attached hydrogen (secondary N) is 1. The molecule has 4 nitrogen and oxygen atoms in total. The number of thioether (sulfide) groups is 1. The van der Waals surface area contributed by atoms with Crippen molar-refractivity contribution in [1.29, 1.82) is 0 Å². The predicted molar refractivity (Wildman–Crippen MR) is 94.8 cm³/mol. The lowest BCUT2D eigenvalue weighted by Crippen LogP contribution is -2.15. The van der Waals surface area contributed by atoms with Crippen LogP contribution in [0.4, 0.5) is 18.9 Å². The van der Waals surface area contributed by atoms with Gasteiger partial charge in [0, 0.05) is 10.7 Å². The van der Waals surface area contributed by atoms with Gasteiger partial charge in [-0.05, 0) is 36.4 Å². The summed E-state index contributed by atoms with van der Waals surface area (Å²) >= 11 is 12.4. The van der Waals surface area contributed by atoms with Gasteiger partial charge < -0.3 is 9.73 Å². The topological polar surface area (TPSA) is 55.1 Å². The van der Waals surface area contributed by atoms with Crippen molar-refractivity contribution in [3.63, 3.8) is 0 Å². The van der Waals surface area contributed by atoms with Crippen LogP contribution in [0.5, 0.6) is 0 Å². The van der Waals surface area contributed by atoms with E-state index in [0.29, 0.717) is 16.1 Å². The molecule has 0 saturated heterocycles. The molecule has 1 N–H and O–H groups in total. The molecule has 1 aromatic heterocycles. The minimum atomic E-state index is -4.61. The zero-order chi connectivity index (χ0) is 18.9. The summed E-state index contributed by atoms with van der Waals surface area (Å²) in [4.78, 5) is 16.1. The van der Waals surface area contributed by atoms with Gasteiger partial charge in [-0.3, -0.25) is 4.79 Å². The number of carbonyl (C=O) groups excluding carboxylic acids is 1. The molecule has 3 rings (SSSR count). The number of carbonyl (C=O) groups is 1. The van der Waals surface area contributed by atoms with E-state index in [1.165, 1.54) is 6.07 Å². The van der Waals surface area contributed by atoms with Crippen molar-refractivity contribution in [3.8, 4) is 0 Å². The summed E-state index contributed by atoms with van der Waals surface area (Å²) in [5, 5.41) is 2.71. The second-order valence-electron chi connectivity index (χ2n) is 5.12. The molecule has 0 aliphatic carbocycles. The fraction of sp³-hybridized carbons (Fsp3) is 0.125. The molecule has 0 bridgehead atoms. The fourth-order valence-corrected chi connectivity index (χ4v) is 3.12. The molecule has 1 amide bonds. The van der Waals surface area contributed by atoms with E-state index in [0.717, 1.165) is 23.9 Å². The summed E-state index contributed by atoms with van der Waals surface area (Å²) in [6, 6.07) is 8.08. The lowest BCUT2D eigenvalue weighted by Gasteiger charge is -2.11. The molecule has 3 aromatic rings. The van der Waals surface area contributed by atoms with Crippen LogP contribution in [0.2, 0.25) is 10.0 Å². The van der Waals surface area contributed by atoms with Gasteiger partial charge in [0.2, 0.25) is 5.91 Å². The number of aromatic nitrogens is 1. The van der Waals surface area contributed by atoms with Crippen LogP contribution in [0.1, 0.15) is 5.56 Å². The lowest BCUT2D eigenvalue weighted by molar-refractivity contribution is -0.137. The first-order valence-electron chi connectivity index (χ1n) is 7.08. The van der Waals surface area contributed by atoms with Crippen LogP contribution in [-0.2, 0) is 11.0 Å². The van der Waals surface area contributed by atoms with E-state index in [2.05, 4.69) is 10.3 Å². The Balaban J connectivity index is 1.65. The van der Waals surface area contributed by atoms with Crippen molar-refractivity contribution in [3.05, 3.63) is 52.0 Å². The molecule has 0 radical (unpaired) electrons. The van der Waals surface area contributed by atoms with Crippen molar-refractivity contribution in [2.75, 3.05) is 11.1 Å². The Labute approximate surface area is 159 Å². The SMILES string of the molecule is O=C(CSc1nc2cc(Cl)ccc2o1)Nc1ccc(Cl)c(C(F)(F)F)c1. The van der Waals surface area contributed by atoms with Gasteiger partial charge in [0.1, 0.15) is 5.52 Å².